The summed E-state index contributed by atoms with van der Waals surface area (Å²) in [6.45, 7) is 5.34. The van der Waals surface area contributed by atoms with Gasteiger partial charge in [-0.3, -0.25) is 9.59 Å². The van der Waals surface area contributed by atoms with Crippen molar-refractivity contribution in [3.63, 3.8) is 0 Å². The van der Waals surface area contributed by atoms with Crippen molar-refractivity contribution >= 4 is 17.8 Å². The summed E-state index contributed by atoms with van der Waals surface area (Å²) in [6, 6.07) is 3.93. The van der Waals surface area contributed by atoms with E-state index in [4.69, 9.17) is 5.73 Å². The molecule has 35 heavy (non-hydrogen) atoms. The average Bonchev–Trinajstić information content (AvgIpc) is 2.83. The number of rotatable bonds is 19. The lowest BCUT2D eigenvalue weighted by Gasteiger charge is -2.25. The van der Waals surface area contributed by atoms with E-state index in [1.165, 1.54) is 12.1 Å². The molecule has 1 rings (SSSR count). The zero-order valence-electron chi connectivity index (χ0n) is 21.2. The van der Waals surface area contributed by atoms with Crippen molar-refractivity contribution in [2.75, 3.05) is 13.1 Å². The van der Waals surface area contributed by atoms with E-state index >= 15 is 0 Å². The molecule has 0 heterocycles. The molecular weight excluding hydrogens is 448 g/mol. The van der Waals surface area contributed by atoms with Crippen LogP contribution in [-0.2, 0) is 20.8 Å². The summed E-state index contributed by atoms with van der Waals surface area (Å²) < 4.78 is 0. The number of amides is 2. The zero-order chi connectivity index (χ0) is 26.1. The van der Waals surface area contributed by atoms with Gasteiger partial charge >= 0.3 is 5.97 Å². The minimum Gasteiger partial charge on any atom is -0.508 e. The molecule has 3 atom stereocenters. The lowest BCUT2D eigenvalue weighted by atomic mass is 10.0. The molecular formula is C26H44N4O5. The fourth-order valence-electron chi connectivity index (χ4n) is 3.76. The molecule has 9 heteroatoms. The standard InChI is InChI=1S/C26H44N4O5/c1-3-5-9-17-28-21(10-6-4-2)24(32)30-23(18-19-12-14-20(31)15-13-19)25(33)29-22(26(34)35)11-7-8-16-27/h12-15,21-23,28,31H,3-11,16-18,27H2,1-2H3,(H,29,33)(H,30,32)(H,34,35). The molecule has 0 bridgehead atoms. The number of carboxylic acid groups (broad SMARTS) is 1. The number of carboxylic acids is 1. The topological polar surface area (TPSA) is 154 Å². The van der Waals surface area contributed by atoms with E-state index in [0.717, 1.165) is 37.7 Å². The maximum Gasteiger partial charge on any atom is 0.326 e. The molecule has 9 nitrogen and oxygen atoms in total. The van der Waals surface area contributed by atoms with Gasteiger partial charge in [0, 0.05) is 6.42 Å². The summed E-state index contributed by atoms with van der Waals surface area (Å²) in [5.74, 6) is -1.85. The molecule has 198 valence electrons. The molecule has 0 radical (unpaired) electrons. The number of phenolic OH excluding ortho intramolecular Hbond substituents is 1. The Morgan fingerprint density at radius 2 is 1.43 bits per heavy atom. The number of hydrogen-bond acceptors (Lipinski definition) is 6. The minimum absolute atomic E-state index is 0.0977. The van der Waals surface area contributed by atoms with E-state index in [9.17, 15) is 24.6 Å². The fraction of sp³-hybridized carbons (Fsp3) is 0.654. The first-order chi connectivity index (χ1) is 16.8. The van der Waals surface area contributed by atoms with Crippen LogP contribution in [-0.4, -0.2) is 59.2 Å². The fourth-order valence-corrected chi connectivity index (χ4v) is 3.76. The molecule has 7 N–H and O–H groups in total. The number of aliphatic carboxylic acids is 1. The Balaban J connectivity index is 2.99. The second-order valence-corrected chi connectivity index (χ2v) is 8.97. The quantitative estimate of drug-likeness (QED) is 0.162. The molecule has 0 saturated carbocycles. The van der Waals surface area contributed by atoms with Crippen molar-refractivity contribution in [2.45, 2.75) is 96.2 Å². The Morgan fingerprint density at radius 3 is 2.03 bits per heavy atom. The SMILES string of the molecule is CCCCCNC(CCCC)C(=O)NC(Cc1ccc(O)cc1)C(=O)NC(CCCCN)C(=O)O. The Morgan fingerprint density at radius 1 is 0.829 bits per heavy atom. The van der Waals surface area contributed by atoms with Gasteiger partial charge in [0.2, 0.25) is 11.8 Å². The van der Waals surface area contributed by atoms with Crippen LogP contribution in [0.25, 0.3) is 0 Å². The Hall–Kier alpha value is -2.65. The molecule has 3 unspecified atom stereocenters. The van der Waals surface area contributed by atoms with E-state index in [1.807, 2.05) is 0 Å². The number of nitrogens with two attached hydrogens (primary N) is 1. The van der Waals surface area contributed by atoms with Crippen LogP contribution >= 0.6 is 0 Å². The number of aromatic hydroxyl groups is 1. The van der Waals surface area contributed by atoms with Gasteiger partial charge in [-0.15, -0.1) is 0 Å². The van der Waals surface area contributed by atoms with Crippen LogP contribution in [0.2, 0.25) is 0 Å². The van der Waals surface area contributed by atoms with Gasteiger partial charge < -0.3 is 31.9 Å². The van der Waals surface area contributed by atoms with Crippen LogP contribution in [0.3, 0.4) is 0 Å². The third-order valence-electron chi connectivity index (χ3n) is 5.90. The van der Waals surface area contributed by atoms with Crippen molar-refractivity contribution in [3.8, 4) is 5.75 Å². The molecule has 0 spiro atoms. The van der Waals surface area contributed by atoms with E-state index in [2.05, 4.69) is 29.8 Å². The van der Waals surface area contributed by atoms with Gasteiger partial charge in [0.15, 0.2) is 0 Å². The van der Waals surface area contributed by atoms with Gasteiger partial charge in [-0.1, -0.05) is 51.7 Å². The Bertz CT molecular complexity index is 757. The number of unbranched alkanes of at least 4 members (excludes halogenated alkanes) is 4. The summed E-state index contributed by atoms with van der Waals surface area (Å²) in [4.78, 5) is 38.0. The lowest BCUT2D eigenvalue weighted by Crippen LogP contribution is -2.56. The van der Waals surface area contributed by atoms with Crippen molar-refractivity contribution in [1.29, 1.82) is 0 Å². The number of phenols is 1. The summed E-state index contributed by atoms with van der Waals surface area (Å²) in [5.41, 5.74) is 6.24. The number of nitrogens with one attached hydrogen (secondary N) is 3. The van der Waals surface area contributed by atoms with E-state index in [0.29, 0.717) is 32.4 Å². The van der Waals surface area contributed by atoms with Crippen LogP contribution < -0.4 is 21.7 Å². The summed E-state index contributed by atoms with van der Waals surface area (Å²) >= 11 is 0. The molecule has 0 fully saturated rings. The molecule has 1 aromatic carbocycles. The highest BCUT2D eigenvalue weighted by molar-refractivity contribution is 5.92. The van der Waals surface area contributed by atoms with Gasteiger partial charge in [-0.2, -0.15) is 0 Å². The van der Waals surface area contributed by atoms with Crippen LogP contribution in [0.1, 0.15) is 77.2 Å². The van der Waals surface area contributed by atoms with Gasteiger partial charge in [0.05, 0.1) is 6.04 Å². The van der Waals surface area contributed by atoms with E-state index in [-0.39, 0.29) is 24.5 Å². The van der Waals surface area contributed by atoms with Crippen molar-refractivity contribution in [1.82, 2.24) is 16.0 Å². The Labute approximate surface area is 209 Å². The molecule has 0 aromatic heterocycles. The highest BCUT2D eigenvalue weighted by Crippen LogP contribution is 2.13. The minimum atomic E-state index is -1.12. The third-order valence-corrected chi connectivity index (χ3v) is 5.90. The summed E-state index contributed by atoms with van der Waals surface area (Å²) in [7, 11) is 0. The van der Waals surface area contributed by atoms with Crippen molar-refractivity contribution < 1.29 is 24.6 Å². The second kappa shape index (κ2) is 17.7. The van der Waals surface area contributed by atoms with Crippen LogP contribution in [0.5, 0.6) is 5.75 Å². The average molecular weight is 493 g/mol. The first-order valence-electron chi connectivity index (χ1n) is 12.9. The number of hydrogen-bond donors (Lipinski definition) is 6. The normalized spacial score (nSPS) is 13.6. The van der Waals surface area contributed by atoms with Gasteiger partial charge in [-0.25, -0.2) is 4.79 Å². The van der Waals surface area contributed by atoms with E-state index < -0.39 is 30.0 Å². The molecule has 2 amide bonds. The first kappa shape index (κ1) is 30.4. The zero-order valence-corrected chi connectivity index (χ0v) is 21.2. The van der Waals surface area contributed by atoms with Gasteiger partial charge in [0.1, 0.15) is 17.8 Å². The predicted octanol–water partition coefficient (Wildman–Crippen LogP) is 2.46. The molecule has 0 aliphatic carbocycles. The lowest BCUT2D eigenvalue weighted by molar-refractivity contribution is -0.142. The summed E-state index contributed by atoms with van der Waals surface area (Å²) in [5, 5.41) is 27.9. The van der Waals surface area contributed by atoms with Crippen LogP contribution in [0.15, 0.2) is 24.3 Å². The van der Waals surface area contributed by atoms with Crippen molar-refractivity contribution in [2.24, 2.45) is 5.73 Å². The molecule has 0 saturated heterocycles. The number of carbonyl (C=O) groups excluding carboxylic acids is 2. The maximum absolute atomic E-state index is 13.2. The number of carbonyl (C=O) groups is 3. The first-order valence-corrected chi connectivity index (χ1v) is 12.9. The molecule has 0 aliphatic heterocycles. The smallest absolute Gasteiger partial charge is 0.326 e. The monoisotopic (exact) mass is 492 g/mol. The van der Waals surface area contributed by atoms with Crippen molar-refractivity contribution in [3.05, 3.63) is 29.8 Å². The highest BCUT2D eigenvalue weighted by Gasteiger charge is 2.28. The molecule has 0 aliphatic rings. The number of benzene rings is 1. The van der Waals surface area contributed by atoms with Crippen LogP contribution in [0, 0.1) is 0 Å². The molecule has 1 aromatic rings. The maximum atomic E-state index is 13.2. The van der Waals surface area contributed by atoms with Crippen LogP contribution in [0.4, 0.5) is 0 Å². The van der Waals surface area contributed by atoms with E-state index in [1.54, 1.807) is 12.1 Å². The second-order valence-electron chi connectivity index (χ2n) is 8.97. The van der Waals surface area contributed by atoms with Gasteiger partial charge in [-0.05, 0) is 62.9 Å². The predicted molar refractivity (Wildman–Crippen MR) is 137 cm³/mol. The Kier molecular flexibility index (Phi) is 15.4. The van der Waals surface area contributed by atoms with Gasteiger partial charge in [0.25, 0.3) is 0 Å². The largest absolute Gasteiger partial charge is 0.508 e. The highest BCUT2D eigenvalue weighted by atomic mass is 16.4. The third kappa shape index (κ3) is 12.6. The summed E-state index contributed by atoms with van der Waals surface area (Å²) in [6.07, 6.45) is 7.25.